The molecule has 0 aliphatic carbocycles. The highest BCUT2D eigenvalue weighted by atomic mass is 16.2. The molecule has 2 heterocycles. The Labute approximate surface area is 214 Å². The summed E-state index contributed by atoms with van der Waals surface area (Å²) in [6.45, 7) is 2.96. The van der Waals surface area contributed by atoms with Crippen LogP contribution in [0.2, 0.25) is 0 Å². The molecule has 0 N–H and O–H groups in total. The minimum atomic E-state index is -0.583. The number of hydrogen-bond donors (Lipinski definition) is 0. The number of amides is 1. The zero-order chi connectivity index (χ0) is 24.8. The van der Waals surface area contributed by atoms with Crippen LogP contribution in [0.1, 0.15) is 73.9 Å². The lowest BCUT2D eigenvalue weighted by molar-refractivity contribution is -0.135. The number of carbonyl (C=O) groups excluding carboxylic acids is 1. The zero-order valence-corrected chi connectivity index (χ0v) is 21.1. The molecule has 0 saturated carbocycles. The van der Waals surface area contributed by atoms with Gasteiger partial charge in [0.1, 0.15) is 5.54 Å². The zero-order valence-electron chi connectivity index (χ0n) is 21.1. The largest absolute Gasteiger partial charge is 0.334 e. The maximum absolute atomic E-state index is 13.1. The molecule has 5 rings (SSSR count). The maximum atomic E-state index is 13.1. The van der Waals surface area contributed by atoms with Crippen molar-refractivity contribution in [1.29, 1.82) is 0 Å². The van der Waals surface area contributed by atoms with Gasteiger partial charge in [0.2, 0.25) is 5.91 Å². The van der Waals surface area contributed by atoms with Crippen molar-refractivity contribution in [2.45, 2.75) is 57.0 Å². The predicted molar refractivity (Wildman–Crippen MR) is 145 cm³/mol. The number of benzene rings is 3. The number of imidazole rings is 1. The normalized spacial score (nSPS) is 16.1. The lowest BCUT2D eigenvalue weighted by atomic mass is 9.76. The predicted octanol–water partition coefficient (Wildman–Crippen LogP) is 6.97. The minimum Gasteiger partial charge on any atom is -0.334 e. The van der Waals surface area contributed by atoms with Gasteiger partial charge in [0.05, 0.1) is 18.1 Å². The molecule has 184 valence electrons. The molecule has 0 bridgehead atoms. The molecular weight excluding hydrogens is 442 g/mol. The number of aromatic nitrogens is 2. The van der Waals surface area contributed by atoms with Crippen LogP contribution in [-0.4, -0.2) is 26.9 Å². The average molecular weight is 478 g/mol. The lowest BCUT2D eigenvalue weighted by Gasteiger charge is -2.38. The SMILES string of the molecule is CCCCC(=O)N1CCCCC1c1cn(C(c2ccccc2)(c2ccccc2)c2ccccc2)cn1. The first-order valence-electron chi connectivity index (χ1n) is 13.3. The monoisotopic (exact) mass is 477 g/mol. The topological polar surface area (TPSA) is 38.1 Å². The number of unbranched alkanes of at least 4 members (excludes halogenated alkanes) is 1. The van der Waals surface area contributed by atoms with Gasteiger partial charge in [-0.05, 0) is 42.4 Å². The van der Waals surface area contributed by atoms with Crippen LogP contribution in [0.15, 0.2) is 104 Å². The Bertz CT molecular complexity index is 1150. The van der Waals surface area contributed by atoms with Crippen molar-refractivity contribution < 1.29 is 4.79 Å². The van der Waals surface area contributed by atoms with Crippen LogP contribution < -0.4 is 0 Å². The number of rotatable bonds is 8. The Hall–Kier alpha value is -3.66. The number of nitrogens with zero attached hydrogens (tertiary/aromatic N) is 3. The van der Waals surface area contributed by atoms with Crippen molar-refractivity contribution >= 4 is 5.91 Å². The highest BCUT2D eigenvalue weighted by Crippen LogP contribution is 2.42. The van der Waals surface area contributed by atoms with E-state index in [1.165, 1.54) is 16.7 Å². The van der Waals surface area contributed by atoms with Crippen molar-refractivity contribution in [1.82, 2.24) is 14.5 Å². The molecule has 1 saturated heterocycles. The molecule has 36 heavy (non-hydrogen) atoms. The number of carbonyl (C=O) groups is 1. The standard InChI is InChI=1S/C32H35N3O/c1-2-3-22-31(36)35-23-14-13-21-30(35)29-24-34(25-33-29)32(26-15-7-4-8-16-26,27-17-9-5-10-18-27)28-19-11-6-12-20-28/h4-12,15-20,24-25,30H,2-3,13-14,21-23H2,1H3. The van der Waals surface area contributed by atoms with Gasteiger partial charge in [0, 0.05) is 19.2 Å². The second-order valence-corrected chi connectivity index (χ2v) is 9.72. The Morgan fingerprint density at radius 1 is 0.861 bits per heavy atom. The van der Waals surface area contributed by atoms with Crippen LogP contribution in [0.4, 0.5) is 0 Å². The van der Waals surface area contributed by atoms with Gasteiger partial charge in [-0.3, -0.25) is 4.79 Å². The second kappa shape index (κ2) is 10.9. The van der Waals surface area contributed by atoms with Crippen molar-refractivity contribution in [3.63, 3.8) is 0 Å². The Morgan fingerprint density at radius 3 is 1.94 bits per heavy atom. The molecule has 1 aliphatic heterocycles. The van der Waals surface area contributed by atoms with E-state index in [-0.39, 0.29) is 11.9 Å². The quantitative estimate of drug-likeness (QED) is 0.257. The molecule has 4 heteroatoms. The van der Waals surface area contributed by atoms with Gasteiger partial charge in [0.25, 0.3) is 0 Å². The van der Waals surface area contributed by atoms with Crippen LogP contribution in [0.5, 0.6) is 0 Å². The Kier molecular flexibility index (Phi) is 7.31. The van der Waals surface area contributed by atoms with Gasteiger partial charge >= 0.3 is 0 Å². The fourth-order valence-corrected chi connectivity index (χ4v) is 5.69. The number of hydrogen-bond acceptors (Lipinski definition) is 2. The van der Waals surface area contributed by atoms with E-state index in [9.17, 15) is 4.79 Å². The fourth-order valence-electron chi connectivity index (χ4n) is 5.69. The van der Waals surface area contributed by atoms with Crippen molar-refractivity contribution in [3.05, 3.63) is 126 Å². The average Bonchev–Trinajstić information content (AvgIpc) is 3.44. The highest BCUT2D eigenvalue weighted by molar-refractivity contribution is 5.76. The second-order valence-electron chi connectivity index (χ2n) is 9.72. The summed E-state index contributed by atoms with van der Waals surface area (Å²) in [6, 6.07) is 32.0. The Morgan fingerprint density at radius 2 is 1.42 bits per heavy atom. The molecule has 1 aliphatic rings. The van der Waals surface area contributed by atoms with Gasteiger partial charge in [0.15, 0.2) is 0 Å². The fraction of sp³-hybridized carbons (Fsp3) is 0.312. The minimum absolute atomic E-state index is 0.0318. The van der Waals surface area contributed by atoms with E-state index in [0.29, 0.717) is 6.42 Å². The van der Waals surface area contributed by atoms with Crippen molar-refractivity contribution in [2.75, 3.05) is 6.54 Å². The maximum Gasteiger partial charge on any atom is 0.223 e. The molecule has 1 unspecified atom stereocenters. The van der Waals surface area contributed by atoms with E-state index in [1.807, 2.05) is 6.33 Å². The van der Waals surface area contributed by atoms with Gasteiger partial charge in [-0.2, -0.15) is 0 Å². The van der Waals surface area contributed by atoms with Crippen LogP contribution in [0, 0.1) is 0 Å². The molecule has 4 aromatic rings. The van der Waals surface area contributed by atoms with Gasteiger partial charge in [-0.25, -0.2) is 4.98 Å². The summed E-state index contributed by atoms with van der Waals surface area (Å²) < 4.78 is 2.26. The third-order valence-electron chi connectivity index (χ3n) is 7.47. The van der Waals surface area contributed by atoms with Crippen molar-refractivity contribution in [2.24, 2.45) is 0 Å². The summed E-state index contributed by atoms with van der Waals surface area (Å²) >= 11 is 0. The lowest BCUT2D eigenvalue weighted by Crippen LogP contribution is -2.39. The molecule has 1 fully saturated rings. The molecular formula is C32H35N3O. The van der Waals surface area contributed by atoms with E-state index < -0.39 is 5.54 Å². The summed E-state index contributed by atoms with van der Waals surface area (Å²) in [5.74, 6) is 0.261. The molecule has 1 amide bonds. The van der Waals surface area contributed by atoms with Crippen LogP contribution in [0.25, 0.3) is 0 Å². The summed E-state index contributed by atoms with van der Waals surface area (Å²) in [4.78, 5) is 20.1. The van der Waals surface area contributed by atoms with Gasteiger partial charge in [-0.15, -0.1) is 0 Å². The van der Waals surface area contributed by atoms with E-state index in [1.54, 1.807) is 0 Å². The molecule has 0 radical (unpaired) electrons. The first-order chi connectivity index (χ1) is 17.7. The molecule has 1 aromatic heterocycles. The highest BCUT2D eigenvalue weighted by Gasteiger charge is 2.39. The van der Waals surface area contributed by atoms with E-state index >= 15 is 0 Å². The van der Waals surface area contributed by atoms with E-state index in [2.05, 4.69) is 114 Å². The van der Waals surface area contributed by atoms with Gasteiger partial charge < -0.3 is 9.47 Å². The summed E-state index contributed by atoms with van der Waals surface area (Å²) in [5, 5.41) is 0. The van der Waals surface area contributed by atoms with Gasteiger partial charge in [-0.1, -0.05) is 104 Å². The first-order valence-corrected chi connectivity index (χ1v) is 13.3. The van der Waals surface area contributed by atoms with Crippen LogP contribution >= 0.6 is 0 Å². The van der Waals surface area contributed by atoms with Crippen molar-refractivity contribution in [3.8, 4) is 0 Å². The summed E-state index contributed by atoms with van der Waals surface area (Å²) in [6.07, 6.45) is 9.89. The van der Waals surface area contributed by atoms with E-state index in [4.69, 9.17) is 4.98 Å². The number of piperidine rings is 1. The smallest absolute Gasteiger partial charge is 0.223 e. The molecule has 4 nitrogen and oxygen atoms in total. The van der Waals surface area contributed by atoms with Crippen LogP contribution in [-0.2, 0) is 10.3 Å². The molecule has 3 aromatic carbocycles. The molecule has 1 atom stereocenters. The Balaban J connectivity index is 1.65. The third-order valence-corrected chi connectivity index (χ3v) is 7.47. The summed E-state index contributed by atoms with van der Waals surface area (Å²) in [7, 11) is 0. The number of likely N-dealkylation sites (tertiary alicyclic amines) is 1. The van der Waals surface area contributed by atoms with Crippen LogP contribution in [0.3, 0.4) is 0 Å². The third kappa shape index (κ3) is 4.48. The van der Waals surface area contributed by atoms with E-state index in [0.717, 1.165) is 44.3 Å². The summed E-state index contributed by atoms with van der Waals surface area (Å²) in [5.41, 5.74) is 3.91. The molecule has 0 spiro atoms. The first kappa shape index (κ1) is 24.1.